The van der Waals surface area contributed by atoms with E-state index in [1.807, 2.05) is 19.1 Å². The Morgan fingerprint density at radius 2 is 1.61 bits per heavy atom. The summed E-state index contributed by atoms with van der Waals surface area (Å²) in [6, 6.07) is 7.29. The van der Waals surface area contributed by atoms with E-state index in [0.717, 1.165) is 63.9 Å². The van der Waals surface area contributed by atoms with Gasteiger partial charge in [-0.1, -0.05) is 31.2 Å². The zero-order valence-electron chi connectivity index (χ0n) is 18.4. The number of hydrogen-bond acceptors (Lipinski definition) is 4. The van der Waals surface area contributed by atoms with Gasteiger partial charge in [0.05, 0.1) is 13.2 Å². The summed E-state index contributed by atoms with van der Waals surface area (Å²) in [5.74, 6) is 0.766. The normalized spacial score (nSPS) is 16.1. The van der Waals surface area contributed by atoms with Gasteiger partial charge in [0, 0.05) is 45.8 Å². The van der Waals surface area contributed by atoms with Crippen LogP contribution >= 0.6 is 24.0 Å². The highest BCUT2D eigenvalue weighted by Crippen LogP contribution is 2.16. The lowest BCUT2D eigenvalue weighted by molar-refractivity contribution is -0.176. The maximum absolute atomic E-state index is 12.1. The number of piperazine rings is 1. The van der Waals surface area contributed by atoms with Gasteiger partial charge in [-0.2, -0.15) is 13.2 Å². The molecule has 1 aliphatic rings. The SMILES string of the molecule is CCNC(=NCc1ccc(COCC(F)(F)F)cc1)NCCN1CCN(CC)CC1.I. The van der Waals surface area contributed by atoms with Gasteiger partial charge < -0.3 is 20.3 Å². The number of likely N-dealkylation sites (N-methyl/N-ethyl adjacent to an activating group) is 1. The molecular weight excluding hydrogens is 522 g/mol. The van der Waals surface area contributed by atoms with Crippen LogP contribution in [0.5, 0.6) is 0 Å². The zero-order chi connectivity index (χ0) is 21.8. The number of aliphatic imine (C=N–C) groups is 1. The fourth-order valence-electron chi connectivity index (χ4n) is 3.20. The van der Waals surface area contributed by atoms with E-state index in [9.17, 15) is 13.2 Å². The molecule has 0 bridgehead atoms. The highest BCUT2D eigenvalue weighted by molar-refractivity contribution is 14.0. The third-order valence-corrected chi connectivity index (χ3v) is 4.95. The average molecular weight is 557 g/mol. The van der Waals surface area contributed by atoms with Crippen LogP contribution in [0.25, 0.3) is 0 Å². The second-order valence-electron chi connectivity index (χ2n) is 7.32. The quantitative estimate of drug-likeness (QED) is 0.263. The number of alkyl halides is 3. The van der Waals surface area contributed by atoms with Gasteiger partial charge in [0.1, 0.15) is 6.61 Å². The number of rotatable bonds is 10. The average Bonchev–Trinajstić information content (AvgIpc) is 2.72. The third-order valence-electron chi connectivity index (χ3n) is 4.95. The topological polar surface area (TPSA) is 52.1 Å². The number of benzene rings is 1. The maximum Gasteiger partial charge on any atom is 0.411 e. The van der Waals surface area contributed by atoms with Crippen molar-refractivity contribution in [2.24, 2.45) is 4.99 Å². The summed E-state index contributed by atoms with van der Waals surface area (Å²) in [6.45, 7) is 11.6. The van der Waals surface area contributed by atoms with Gasteiger partial charge in [0.25, 0.3) is 0 Å². The number of guanidine groups is 1. The van der Waals surface area contributed by atoms with Crippen molar-refractivity contribution in [1.29, 1.82) is 0 Å². The third kappa shape index (κ3) is 11.9. The maximum atomic E-state index is 12.1. The largest absolute Gasteiger partial charge is 0.411 e. The van der Waals surface area contributed by atoms with Crippen LogP contribution in [0, 0.1) is 0 Å². The first kappa shape index (κ1) is 27.9. The Kier molecular flexibility index (Phi) is 13.4. The van der Waals surface area contributed by atoms with E-state index in [4.69, 9.17) is 0 Å². The Labute approximate surface area is 200 Å². The predicted octanol–water partition coefficient (Wildman–Crippen LogP) is 3.08. The van der Waals surface area contributed by atoms with Crippen LogP contribution in [0.2, 0.25) is 0 Å². The van der Waals surface area contributed by atoms with E-state index in [1.165, 1.54) is 0 Å². The van der Waals surface area contributed by atoms with Crippen LogP contribution in [-0.2, 0) is 17.9 Å². The first-order valence-corrected chi connectivity index (χ1v) is 10.6. The fraction of sp³-hybridized carbons (Fsp3) is 0.667. The molecule has 1 fully saturated rings. The molecule has 2 N–H and O–H groups in total. The number of hydrogen-bond donors (Lipinski definition) is 2. The zero-order valence-corrected chi connectivity index (χ0v) is 20.7. The predicted molar refractivity (Wildman–Crippen MR) is 129 cm³/mol. The van der Waals surface area contributed by atoms with E-state index in [0.29, 0.717) is 12.1 Å². The lowest BCUT2D eigenvalue weighted by Gasteiger charge is -2.34. The molecule has 0 amide bonds. The minimum atomic E-state index is -4.30. The molecule has 0 aliphatic carbocycles. The van der Waals surface area contributed by atoms with Gasteiger partial charge in [-0.3, -0.25) is 4.90 Å². The van der Waals surface area contributed by atoms with Crippen LogP contribution in [0.1, 0.15) is 25.0 Å². The van der Waals surface area contributed by atoms with E-state index in [2.05, 4.69) is 37.1 Å². The van der Waals surface area contributed by atoms with E-state index < -0.39 is 12.8 Å². The van der Waals surface area contributed by atoms with Crippen molar-refractivity contribution in [2.75, 3.05) is 59.0 Å². The smallest absolute Gasteiger partial charge is 0.367 e. The number of nitrogens with zero attached hydrogens (tertiary/aromatic N) is 3. The molecule has 0 atom stereocenters. The van der Waals surface area contributed by atoms with Crippen LogP contribution < -0.4 is 10.6 Å². The number of nitrogens with one attached hydrogen (secondary N) is 2. The van der Waals surface area contributed by atoms with Crippen LogP contribution in [0.15, 0.2) is 29.3 Å². The van der Waals surface area contributed by atoms with Gasteiger partial charge in [0.2, 0.25) is 0 Å². The molecule has 0 radical (unpaired) electrons. The van der Waals surface area contributed by atoms with Crippen molar-refractivity contribution in [3.05, 3.63) is 35.4 Å². The molecule has 0 saturated carbocycles. The first-order chi connectivity index (χ1) is 14.4. The lowest BCUT2D eigenvalue weighted by Crippen LogP contribution is -2.49. The molecule has 31 heavy (non-hydrogen) atoms. The van der Waals surface area contributed by atoms with Gasteiger partial charge in [-0.15, -0.1) is 24.0 Å². The molecule has 1 aliphatic heterocycles. The van der Waals surface area contributed by atoms with Gasteiger partial charge >= 0.3 is 6.18 Å². The summed E-state index contributed by atoms with van der Waals surface area (Å²) in [6.07, 6.45) is -4.30. The molecule has 6 nitrogen and oxygen atoms in total. The molecule has 2 rings (SSSR count). The van der Waals surface area contributed by atoms with Crippen LogP contribution in [-0.4, -0.2) is 80.9 Å². The second kappa shape index (κ2) is 14.9. The van der Waals surface area contributed by atoms with Crippen molar-refractivity contribution < 1.29 is 17.9 Å². The van der Waals surface area contributed by atoms with Crippen LogP contribution in [0.3, 0.4) is 0 Å². The van der Waals surface area contributed by atoms with Crippen molar-refractivity contribution >= 4 is 29.9 Å². The van der Waals surface area contributed by atoms with Gasteiger partial charge in [-0.05, 0) is 24.6 Å². The molecule has 1 aromatic carbocycles. The van der Waals surface area contributed by atoms with Crippen molar-refractivity contribution in [3.8, 4) is 0 Å². The molecule has 10 heteroatoms. The molecular formula is C21H35F3IN5O. The Hall–Kier alpha value is -1.11. The fourth-order valence-corrected chi connectivity index (χ4v) is 3.20. The summed E-state index contributed by atoms with van der Waals surface area (Å²) in [7, 11) is 0. The molecule has 0 spiro atoms. The summed E-state index contributed by atoms with van der Waals surface area (Å²) >= 11 is 0. The molecule has 1 saturated heterocycles. The van der Waals surface area contributed by atoms with E-state index >= 15 is 0 Å². The van der Waals surface area contributed by atoms with Gasteiger partial charge in [0.15, 0.2) is 5.96 Å². The highest BCUT2D eigenvalue weighted by atomic mass is 127. The summed E-state index contributed by atoms with van der Waals surface area (Å²) < 4.78 is 41.1. The number of ether oxygens (including phenoxy) is 1. The first-order valence-electron chi connectivity index (χ1n) is 10.6. The van der Waals surface area contributed by atoms with Crippen LogP contribution in [0.4, 0.5) is 13.2 Å². The summed E-state index contributed by atoms with van der Waals surface area (Å²) in [4.78, 5) is 9.53. The summed E-state index contributed by atoms with van der Waals surface area (Å²) in [5, 5.41) is 6.62. The Bertz CT molecular complexity index is 635. The highest BCUT2D eigenvalue weighted by Gasteiger charge is 2.27. The van der Waals surface area contributed by atoms with E-state index in [-0.39, 0.29) is 30.6 Å². The molecule has 178 valence electrons. The monoisotopic (exact) mass is 557 g/mol. The molecule has 1 aromatic rings. The molecule has 0 unspecified atom stereocenters. The Morgan fingerprint density at radius 3 is 2.19 bits per heavy atom. The summed E-state index contributed by atoms with van der Waals surface area (Å²) in [5.41, 5.74) is 1.70. The minimum absolute atomic E-state index is 0. The standard InChI is InChI=1S/C21H34F3N5O.HI/c1-3-25-20(26-9-10-29-13-11-28(4-2)12-14-29)27-15-18-5-7-19(8-6-18)16-30-17-21(22,23)24;/h5-8H,3-4,9-17H2,1-2H3,(H2,25,26,27);1H. The molecule has 0 aromatic heterocycles. The minimum Gasteiger partial charge on any atom is -0.367 e. The van der Waals surface area contributed by atoms with Crippen molar-refractivity contribution in [3.63, 3.8) is 0 Å². The van der Waals surface area contributed by atoms with Crippen molar-refractivity contribution in [1.82, 2.24) is 20.4 Å². The Morgan fingerprint density at radius 1 is 1.00 bits per heavy atom. The lowest BCUT2D eigenvalue weighted by atomic mass is 10.1. The second-order valence-corrected chi connectivity index (χ2v) is 7.32. The van der Waals surface area contributed by atoms with Crippen molar-refractivity contribution in [2.45, 2.75) is 33.2 Å². The molecule has 1 heterocycles. The van der Waals surface area contributed by atoms with E-state index in [1.54, 1.807) is 12.1 Å². The number of halogens is 4. The Balaban J connectivity index is 0.00000480. The van der Waals surface area contributed by atoms with Gasteiger partial charge in [-0.25, -0.2) is 4.99 Å².